The van der Waals surface area contributed by atoms with Crippen molar-refractivity contribution in [3.63, 3.8) is 0 Å². The zero-order valence-electron chi connectivity index (χ0n) is 24.7. The lowest BCUT2D eigenvalue weighted by Crippen LogP contribution is -2.81. The molecule has 0 fully saturated rings. The first-order valence-electron chi connectivity index (χ1n) is 15.5. The van der Waals surface area contributed by atoms with E-state index in [4.69, 9.17) is 0 Å². The van der Waals surface area contributed by atoms with Crippen LogP contribution in [0.4, 0.5) is 0 Å². The molecule has 1 atom stereocenters. The lowest BCUT2D eigenvalue weighted by atomic mass is 10.2. The monoisotopic (exact) mass is 607 g/mol. The number of fused-ring (bicyclic) bond motifs is 5. The van der Waals surface area contributed by atoms with Gasteiger partial charge in [0.25, 0.3) is 0 Å². The van der Waals surface area contributed by atoms with Crippen molar-refractivity contribution in [2.24, 2.45) is 0 Å². The maximum atomic E-state index is 2.56. The smallest absolute Gasteiger partial charge is 0.181 e. The highest BCUT2D eigenvalue weighted by molar-refractivity contribution is 7.81. The molecule has 0 bridgehead atoms. The molecular formula is C42H30NPSi. The minimum Gasteiger partial charge on any atom is -0.309 e. The van der Waals surface area contributed by atoms with E-state index in [-0.39, 0.29) is 0 Å². The fourth-order valence-electron chi connectivity index (χ4n) is 7.64. The summed E-state index contributed by atoms with van der Waals surface area (Å²) in [4.78, 5) is 0. The van der Waals surface area contributed by atoms with Crippen LogP contribution in [0.2, 0.25) is 0 Å². The molecule has 1 aromatic heterocycles. The molecule has 9 rings (SSSR count). The molecule has 1 aliphatic rings. The Kier molecular flexibility index (Phi) is 6.19. The Hall–Kier alpha value is -5.01. The molecule has 0 N–H and O–H groups in total. The average molecular weight is 608 g/mol. The van der Waals surface area contributed by atoms with Crippen molar-refractivity contribution in [2.75, 3.05) is 0 Å². The molecule has 0 amide bonds. The van der Waals surface area contributed by atoms with Gasteiger partial charge in [0.15, 0.2) is 8.07 Å². The number of benzene rings is 7. The van der Waals surface area contributed by atoms with E-state index in [0.717, 1.165) is 0 Å². The molecule has 45 heavy (non-hydrogen) atoms. The van der Waals surface area contributed by atoms with E-state index in [1.54, 1.807) is 0 Å². The van der Waals surface area contributed by atoms with Gasteiger partial charge < -0.3 is 4.57 Å². The van der Waals surface area contributed by atoms with Crippen LogP contribution in [0.5, 0.6) is 0 Å². The van der Waals surface area contributed by atoms with Crippen LogP contribution in [0.3, 0.4) is 0 Å². The van der Waals surface area contributed by atoms with Crippen LogP contribution in [0.25, 0.3) is 27.5 Å². The Labute approximate surface area is 265 Å². The van der Waals surface area contributed by atoms with E-state index < -0.39 is 16.0 Å². The molecule has 1 nitrogen and oxygen atoms in total. The third kappa shape index (κ3) is 3.90. The normalized spacial score (nSPS) is 15.1. The summed E-state index contributed by atoms with van der Waals surface area (Å²) < 4.78 is 2.48. The van der Waals surface area contributed by atoms with Crippen LogP contribution in [0, 0.1) is 0 Å². The highest BCUT2D eigenvalue weighted by Crippen LogP contribution is 2.37. The van der Waals surface area contributed by atoms with E-state index in [2.05, 4.69) is 187 Å². The summed E-state index contributed by atoms with van der Waals surface area (Å²) in [7, 11) is -3.48. The SMILES string of the molecule is c1ccc(P2c3ccccc3[Si](c3ccccc3)(c3ccccc3)c3cc(-n4c5ccccc5c5ccccc54)ccc32)cc1. The molecule has 1 unspecified atom stereocenters. The summed E-state index contributed by atoms with van der Waals surface area (Å²) in [5.41, 5.74) is 3.70. The Morgan fingerprint density at radius 2 is 0.889 bits per heavy atom. The maximum absolute atomic E-state index is 2.73. The van der Waals surface area contributed by atoms with Crippen molar-refractivity contribution in [3.05, 3.63) is 182 Å². The highest BCUT2D eigenvalue weighted by atomic mass is 31.1. The molecule has 0 aliphatic carbocycles. The first-order valence-corrected chi connectivity index (χ1v) is 18.9. The molecule has 1 aliphatic heterocycles. The van der Waals surface area contributed by atoms with E-state index in [1.807, 2.05) is 0 Å². The van der Waals surface area contributed by atoms with Crippen LogP contribution in [0.1, 0.15) is 0 Å². The van der Waals surface area contributed by atoms with Gasteiger partial charge in [-0.1, -0.05) is 158 Å². The third-order valence-electron chi connectivity index (χ3n) is 9.44. The first-order chi connectivity index (χ1) is 22.4. The summed E-state index contributed by atoms with van der Waals surface area (Å²) >= 11 is 0. The Morgan fingerprint density at radius 3 is 1.51 bits per heavy atom. The second-order valence-corrected chi connectivity index (χ2v) is 17.6. The van der Waals surface area contributed by atoms with Crippen LogP contribution >= 0.6 is 7.92 Å². The van der Waals surface area contributed by atoms with Gasteiger partial charge in [0.05, 0.1) is 11.0 Å². The van der Waals surface area contributed by atoms with Gasteiger partial charge in [-0.05, 0) is 68.8 Å². The minimum absolute atomic E-state index is 0.751. The second kappa shape index (κ2) is 10.6. The van der Waals surface area contributed by atoms with Crippen LogP contribution in [-0.4, -0.2) is 12.6 Å². The summed E-state index contributed by atoms with van der Waals surface area (Å²) in [5.74, 6) is 0. The van der Waals surface area contributed by atoms with Crippen molar-refractivity contribution >= 4 is 74.5 Å². The summed E-state index contributed by atoms with van der Waals surface area (Å²) in [6.45, 7) is 0. The van der Waals surface area contributed by atoms with E-state index in [0.29, 0.717) is 0 Å². The van der Waals surface area contributed by atoms with Gasteiger partial charge in [0.1, 0.15) is 0 Å². The van der Waals surface area contributed by atoms with Crippen molar-refractivity contribution in [3.8, 4) is 5.69 Å². The van der Waals surface area contributed by atoms with Gasteiger partial charge in [0, 0.05) is 16.5 Å². The molecule has 0 spiro atoms. The number of rotatable bonds is 4. The quantitative estimate of drug-likeness (QED) is 0.165. The zero-order valence-corrected chi connectivity index (χ0v) is 26.6. The lowest BCUT2D eigenvalue weighted by molar-refractivity contribution is 1.18. The van der Waals surface area contributed by atoms with Gasteiger partial charge in [0.2, 0.25) is 0 Å². The third-order valence-corrected chi connectivity index (χ3v) is 17.3. The molecule has 7 aromatic carbocycles. The number of nitrogens with zero attached hydrogens (tertiary/aromatic N) is 1. The Balaban J connectivity index is 1.45. The maximum Gasteiger partial charge on any atom is 0.181 e. The molecule has 0 radical (unpaired) electrons. The average Bonchev–Trinajstić information content (AvgIpc) is 3.46. The molecule has 0 saturated carbocycles. The Bertz CT molecular complexity index is 2230. The van der Waals surface area contributed by atoms with Crippen molar-refractivity contribution in [1.29, 1.82) is 0 Å². The Morgan fingerprint density at radius 1 is 0.400 bits per heavy atom. The van der Waals surface area contributed by atoms with Crippen molar-refractivity contribution < 1.29 is 0 Å². The van der Waals surface area contributed by atoms with Gasteiger partial charge in [-0.3, -0.25) is 0 Å². The minimum atomic E-state index is -2.73. The molecule has 3 heteroatoms. The number of hydrogen-bond donors (Lipinski definition) is 0. The predicted octanol–water partition coefficient (Wildman–Crippen LogP) is 6.23. The number of para-hydroxylation sites is 2. The topological polar surface area (TPSA) is 4.93 Å². The highest BCUT2D eigenvalue weighted by Gasteiger charge is 2.49. The largest absolute Gasteiger partial charge is 0.309 e. The molecule has 0 saturated heterocycles. The first kappa shape index (κ1) is 26.4. The fourth-order valence-corrected chi connectivity index (χ4v) is 16.6. The molecular weight excluding hydrogens is 578 g/mol. The summed E-state index contributed by atoms with van der Waals surface area (Å²) in [5, 5.41) is 12.8. The predicted molar refractivity (Wildman–Crippen MR) is 197 cm³/mol. The second-order valence-electron chi connectivity index (χ2n) is 11.7. The number of hydrogen-bond acceptors (Lipinski definition) is 0. The fraction of sp³-hybridized carbons (Fsp3) is 0. The van der Waals surface area contributed by atoms with Gasteiger partial charge in [-0.2, -0.15) is 0 Å². The van der Waals surface area contributed by atoms with Crippen molar-refractivity contribution in [2.45, 2.75) is 0 Å². The zero-order chi connectivity index (χ0) is 29.8. The molecule has 2 heterocycles. The van der Waals surface area contributed by atoms with Crippen LogP contribution < -0.4 is 36.7 Å². The summed E-state index contributed by atoms with van der Waals surface area (Å²) in [6.07, 6.45) is 0. The van der Waals surface area contributed by atoms with Crippen LogP contribution in [-0.2, 0) is 0 Å². The van der Waals surface area contributed by atoms with Crippen LogP contribution in [0.15, 0.2) is 182 Å². The van der Waals surface area contributed by atoms with E-state index in [9.17, 15) is 0 Å². The van der Waals surface area contributed by atoms with Gasteiger partial charge in [-0.15, -0.1) is 0 Å². The molecule has 212 valence electrons. The standard InChI is InChI=1S/C42H30NPSi/c1-4-16-32(17-5-1)44-39-26-14-15-27-41(39)45(33-18-6-2-7-19-33,34-20-8-3-9-21-34)42-30-31(28-29-40(42)44)43-37-24-12-10-22-35(37)36-23-11-13-25-38(36)43/h1-30H. The molecule has 8 aromatic rings. The summed E-state index contributed by atoms with van der Waals surface area (Å²) in [6, 6.07) is 68.3. The van der Waals surface area contributed by atoms with Gasteiger partial charge >= 0.3 is 0 Å². The van der Waals surface area contributed by atoms with E-state index >= 15 is 0 Å². The van der Waals surface area contributed by atoms with Gasteiger partial charge in [-0.25, -0.2) is 0 Å². The lowest BCUT2D eigenvalue weighted by Gasteiger charge is -2.43. The van der Waals surface area contributed by atoms with E-state index in [1.165, 1.54) is 64.2 Å². The van der Waals surface area contributed by atoms with Crippen molar-refractivity contribution in [1.82, 2.24) is 4.57 Å². The number of aromatic nitrogens is 1.